The third kappa shape index (κ3) is 4.76. The van der Waals surface area contributed by atoms with Crippen molar-refractivity contribution in [1.29, 1.82) is 0 Å². The number of nitrogens with zero attached hydrogens (tertiary/aromatic N) is 3. The molecule has 3 aromatic rings. The number of benzene rings is 1. The highest BCUT2D eigenvalue weighted by Gasteiger charge is 2.24. The van der Waals surface area contributed by atoms with Crippen molar-refractivity contribution in [2.75, 3.05) is 32.8 Å². The van der Waals surface area contributed by atoms with E-state index in [4.69, 9.17) is 21.3 Å². The molecule has 7 nitrogen and oxygen atoms in total. The molecule has 174 valence electrons. The topological polar surface area (TPSA) is 78.5 Å². The summed E-state index contributed by atoms with van der Waals surface area (Å²) in [7, 11) is 0. The number of aromatic amines is 1. The monoisotopic (exact) mass is 490 g/mol. The number of hydrogen-bond acceptors (Lipinski definition) is 6. The molecule has 0 atom stereocenters. The van der Waals surface area contributed by atoms with Crippen LogP contribution >= 0.6 is 22.9 Å². The minimum absolute atomic E-state index is 0.0405. The Bertz CT molecular complexity index is 1250. The Labute approximate surface area is 199 Å². The zero-order valence-corrected chi connectivity index (χ0v) is 19.6. The smallest absolute Gasteiger partial charge is 0.260 e. The molecule has 5 rings (SSSR count). The van der Waals surface area contributed by atoms with Crippen molar-refractivity contribution in [2.45, 2.75) is 32.2 Å². The summed E-state index contributed by atoms with van der Waals surface area (Å²) in [4.78, 5) is 39.0. The van der Waals surface area contributed by atoms with Gasteiger partial charge in [0.2, 0.25) is 0 Å². The van der Waals surface area contributed by atoms with Gasteiger partial charge in [-0.25, -0.2) is 9.37 Å². The van der Waals surface area contributed by atoms with Crippen molar-refractivity contribution in [3.63, 3.8) is 0 Å². The minimum atomic E-state index is -0.528. The summed E-state index contributed by atoms with van der Waals surface area (Å²) >= 11 is 7.40. The average molecular weight is 491 g/mol. The number of amides is 1. The number of carbonyl (C=O) groups excluding carboxylic acids is 1. The van der Waals surface area contributed by atoms with Crippen LogP contribution in [0.4, 0.5) is 4.39 Å². The molecule has 0 unspecified atom stereocenters. The predicted octanol–water partition coefficient (Wildman–Crippen LogP) is 3.38. The second kappa shape index (κ2) is 9.40. The number of ether oxygens (including phenoxy) is 1. The third-order valence-corrected chi connectivity index (χ3v) is 7.70. The Balaban J connectivity index is 1.16. The molecule has 0 spiro atoms. The SMILES string of the molecule is O=C(COc1ccc(F)c(Cl)c1)N1CCN(Cc2nc3sc4c(c3c(=O)[nH]2)CCCC4)CC1. The van der Waals surface area contributed by atoms with Crippen LogP contribution in [0.1, 0.15) is 29.1 Å². The number of halogens is 2. The zero-order valence-electron chi connectivity index (χ0n) is 18.0. The molecule has 1 aliphatic heterocycles. The number of hydrogen-bond donors (Lipinski definition) is 1. The lowest BCUT2D eigenvalue weighted by Crippen LogP contribution is -2.49. The van der Waals surface area contributed by atoms with Gasteiger partial charge in [0, 0.05) is 37.1 Å². The van der Waals surface area contributed by atoms with Crippen molar-refractivity contribution < 1.29 is 13.9 Å². The summed E-state index contributed by atoms with van der Waals surface area (Å²) in [6.07, 6.45) is 4.31. The number of rotatable bonds is 5. The van der Waals surface area contributed by atoms with Gasteiger partial charge in [-0.05, 0) is 43.4 Å². The summed E-state index contributed by atoms with van der Waals surface area (Å²) in [5.74, 6) is 0.365. The van der Waals surface area contributed by atoms with E-state index in [0.717, 1.165) is 29.5 Å². The van der Waals surface area contributed by atoms with E-state index in [9.17, 15) is 14.0 Å². The minimum Gasteiger partial charge on any atom is -0.484 e. The lowest BCUT2D eigenvalue weighted by atomic mass is 9.97. The fraction of sp³-hybridized carbons (Fsp3) is 0.435. The van der Waals surface area contributed by atoms with Crippen molar-refractivity contribution in [2.24, 2.45) is 0 Å². The van der Waals surface area contributed by atoms with Crippen molar-refractivity contribution >= 4 is 39.1 Å². The highest BCUT2D eigenvalue weighted by molar-refractivity contribution is 7.18. The van der Waals surface area contributed by atoms with Gasteiger partial charge >= 0.3 is 0 Å². The normalized spacial score (nSPS) is 16.7. The molecule has 1 saturated heterocycles. The summed E-state index contributed by atoms with van der Waals surface area (Å²) < 4.78 is 18.7. The van der Waals surface area contributed by atoms with Crippen LogP contribution in [0, 0.1) is 5.82 Å². The van der Waals surface area contributed by atoms with Gasteiger partial charge < -0.3 is 14.6 Å². The van der Waals surface area contributed by atoms with Gasteiger partial charge in [-0.1, -0.05) is 11.6 Å². The first kappa shape index (κ1) is 22.3. The molecule has 1 amide bonds. The molecule has 0 radical (unpaired) electrons. The molecule has 1 N–H and O–H groups in total. The number of piperazine rings is 1. The first-order chi connectivity index (χ1) is 16.0. The standard InChI is InChI=1S/C23H24ClFN4O3S/c24-16-11-14(5-6-17(16)25)32-13-20(30)29-9-7-28(8-10-29)12-19-26-22(31)21-15-3-1-2-4-18(15)33-23(21)27-19/h5-6,11H,1-4,7-10,12-13H2,(H,26,27,31). The van der Waals surface area contributed by atoms with Crippen LogP contribution in [0.25, 0.3) is 10.2 Å². The highest BCUT2D eigenvalue weighted by Crippen LogP contribution is 2.33. The van der Waals surface area contributed by atoms with Crippen LogP contribution in [-0.2, 0) is 24.2 Å². The number of aryl methyl sites for hydroxylation is 2. The quantitative estimate of drug-likeness (QED) is 0.593. The fourth-order valence-corrected chi connectivity index (χ4v) is 5.90. The van der Waals surface area contributed by atoms with Gasteiger partial charge in [-0.3, -0.25) is 14.5 Å². The van der Waals surface area contributed by atoms with Gasteiger partial charge in [-0.2, -0.15) is 0 Å². The maximum absolute atomic E-state index is 13.2. The van der Waals surface area contributed by atoms with Crippen molar-refractivity contribution in [1.82, 2.24) is 19.8 Å². The summed E-state index contributed by atoms with van der Waals surface area (Å²) in [6, 6.07) is 4.01. The van der Waals surface area contributed by atoms with E-state index >= 15 is 0 Å². The lowest BCUT2D eigenvalue weighted by Gasteiger charge is -2.34. The molecule has 2 aromatic heterocycles. The Kier molecular flexibility index (Phi) is 6.36. The van der Waals surface area contributed by atoms with Crippen molar-refractivity contribution in [3.05, 3.63) is 55.7 Å². The first-order valence-electron chi connectivity index (χ1n) is 11.1. The van der Waals surface area contributed by atoms with Crippen LogP contribution in [0.3, 0.4) is 0 Å². The van der Waals surface area contributed by atoms with E-state index in [2.05, 4.69) is 9.88 Å². The van der Waals surface area contributed by atoms with Gasteiger partial charge in [0.1, 0.15) is 22.2 Å². The van der Waals surface area contributed by atoms with Crippen LogP contribution < -0.4 is 10.3 Å². The van der Waals surface area contributed by atoms with Crippen LogP contribution in [0.15, 0.2) is 23.0 Å². The molecule has 0 saturated carbocycles. The average Bonchev–Trinajstić information content (AvgIpc) is 3.19. The van der Waals surface area contributed by atoms with Gasteiger partial charge in [-0.15, -0.1) is 11.3 Å². The second-order valence-corrected chi connectivity index (χ2v) is 9.92. The molecule has 3 heterocycles. The fourth-order valence-electron chi connectivity index (χ4n) is 4.45. The molecule has 1 aromatic carbocycles. The molecule has 1 aliphatic carbocycles. The Hall–Kier alpha value is -2.49. The molecule has 2 aliphatic rings. The summed E-state index contributed by atoms with van der Waals surface area (Å²) in [6.45, 7) is 2.89. The molecular weight excluding hydrogens is 467 g/mol. The van der Waals surface area contributed by atoms with Gasteiger partial charge in [0.15, 0.2) is 6.61 Å². The van der Waals surface area contributed by atoms with Crippen LogP contribution in [0.5, 0.6) is 5.75 Å². The van der Waals surface area contributed by atoms with Crippen LogP contribution in [-0.4, -0.2) is 58.5 Å². The number of aromatic nitrogens is 2. The highest BCUT2D eigenvalue weighted by atomic mass is 35.5. The largest absolute Gasteiger partial charge is 0.484 e. The van der Waals surface area contributed by atoms with E-state index in [-0.39, 0.29) is 23.1 Å². The lowest BCUT2D eigenvalue weighted by molar-refractivity contribution is -0.135. The molecule has 0 bridgehead atoms. The summed E-state index contributed by atoms with van der Waals surface area (Å²) in [5.41, 5.74) is 1.15. The van der Waals surface area contributed by atoms with E-state index in [1.807, 2.05) is 0 Å². The van der Waals surface area contributed by atoms with E-state index in [0.29, 0.717) is 44.3 Å². The van der Waals surface area contributed by atoms with Gasteiger partial charge in [0.05, 0.1) is 17.0 Å². The maximum Gasteiger partial charge on any atom is 0.260 e. The number of fused-ring (bicyclic) bond motifs is 3. The van der Waals surface area contributed by atoms with Crippen LogP contribution in [0.2, 0.25) is 5.02 Å². The number of H-pyrrole nitrogens is 1. The Morgan fingerprint density at radius 1 is 1.21 bits per heavy atom. The second-order valence-electron chi connectivity index (χ2n) is 8.43. The predicted molar refractivity (Wildman–Crippen MR) is 126 cm³/mol. The molecule has 10 heteroatoms. The third-order valence-electron chi connectivity index (χ3n) is 6.23. The Morgan fingerprint density at radius 3 is 2.79 bits per heavy atom. The number of nitrogens with one attached hydrogen (secondary N) is 1. The van der Waals surface area contributed by atoms with Crippen molar-refractivity contribution in [3.8, 4) is 5.75 Å². The molecule has 1 fully saturated rings. The molecule has 33 heavy (non-hydrogen) atoms. The number of thiophene rings is 1. The zero-order chi connectivity index (χ0) is 22.9. The Morgan fingerprint density at radius 2 is 2.00 bits per heavy atom. The van der Waals surface area contributed by atoms with E-state index in [1.165, 1.54) is 35.1 Å². The molecular formula is C23H24ClFN4O3S. The van der Waals surface area contributed by atoms with E-state index in [1.54, 1.807) is 16.2 Å². The number of carbonyl (C=O) groups is 1. The first-order valence-corrected chi connectivity index (χ1v) is 12.3. The van der Waals surface area contributed by atoms with E-state index < -0.39 is 5.82 Å². The summed E-state index contributed by atoms with van der Waals surface area (Å²) in [5, 5.41) is 0.734. The van der Waals surface area contributed by atoms with Gasteiger partial charge in [0.25, 0.3) is 11.5 Å². The maximum atomic E-state index is 13.2.